The van der Waals surface area contributed by atoms with Crippen LogP contribution in [0.5, 0.6) is 0 Å². The summed E-state index contributed by atoms with van der Waals surface area (Å²) in [5.41, 5.74) is 0.229. The maximum Gasteiger partial charge on any atom is 0.416 e. The van der Waals surface area contributed by atoms with Gasteiger partial charge in [-0.3, -0.25) is 0 Å². The van der Waals surface area contributed by atoms with Gasteiger partial charge >= 0.3 is 6.18 Å². The average molecular weight is 331 g/mol. The summed E-state index contributed by atoms with van der Waals surface area (Å²) in [6.45, 7) is 0.0833. The van der Waals surface area contributed by atoms with E-state index in [-0.39, 0.29) is 12.1 Å². The fraction of sp³-hybridized carbons (Fsp3) is 0.154. The molecule has 0 fully saturated rings. The zero-order valence-corrected chi connectivity index (χ0v) is 11.3. The Hall–Kier alpha value is -1.56. The molecule has 1 aromatic carbocycles. The number of halogens is 4. The van der Waals surface area contributed by atoms with Crippen LogP contribution < -0.4 is 5.32 Å². The van der Waals surface area contributed by atoms with Gasteiger partial charge in [0.2, 0.25) is 0 Å². The van der Waals surface area contributed by atoms with Crippen LogP contribution in [0, 0.1) is 0 Å². The van der Waals surface area contributed by atoms with Crippen molar-refractivity contribution in [3.63, 3.8) is 0 Å². The Kier molecular flexibility index (Phi) is 4.09. The minimum atomic E-state index is -4.34. The number of hydrogen-bond donors (Lipinski definition) is 1. The molecule has 0 atom stereocenters. The summed E-state index contributed by atoms with van der Waals surface area (Å²) in [5, 5.41) is 2.93. The van der Waals surface area contributed by atoms with E-state index in [0.29, 0.717) is 10.3 Å². The van der Waals surface area contributed by atoms with E-state index in [0.717, 1.165) is 6.07 Å². The molecule has 2 nitrogen and oxygen atoms in total. The Bertz CT molecular complexity index is 570. The Balaban J connectivity index is 2.19. The molecule has 1 heterocycles. The van der Waals surface area contributed by atoms with Crippen molar-refractivity contribution in [1.29, 1.82) is 0 Å². The maximum absolute atomic E-state index is 12.8. The highest BCUT2D eigenvalue weighted by Gasteiger charge is 2.32. The first-order chi connectivity index (χ1) is 8.98. The van der Waals surface area contributed by atoms with Crippen molar-refractivity contribution < 1.29 is 13.2 Å². The van der Waals surface area contributed by atoms with E-state index in [1.54, 1.807) is 24.4 Å². The molecule has 0 aliphatic carbocycles. The first kappa shape index (κ1) is 13.9. The van der Waals surface area contributed by atoms with Gasteiger partial charge in [-0.1, -0.05) is 18.2 Å². The lowest BCUT2D eigenvalue weighted by molar-refractivity contribution is -0.138. The largest absolute Gasteiger partial charge is 0.416 e. The van der Waals surface area contributed by atoms with Crippen molar-refractivity contribution in [2.75, 3.05) is 5.32 Å². The fourth-order valence-corrected chi connectivity index (χ4v) is 2.05. The highest BCUT2D eigenvalue weighted by Crippen LogP contribution is 2.32. The number of aromatic nitrogens is 1. The first-order valence-electron chi connectivity index (χ1n) is 5.48. The Morgan fingerprint density at radius 1 is 1.11 bits per heavy atom. The predicted octanol–water partition coefficient (Wildman–Crippen LogP) is 4.48. The second-order valence-electron chi connectivity index (χ2n) is 3.85. The summed E-state index contributed by atoms with van der Waals surface area (Å²) in [5.74, 6) is 0. The third-order valence-corrected chi connectivity index (χ3v) is 3.18. The maximum atomic E-state index is 12.8. The smallest absolute Gasteiger partial charge is 0.379 e. The van der Waals surface area contributed by atoms with Gasteiger partial charge in [0.05, 0.1) is 11.3 Å². The molecule has 0 saturated carbocycles. The van der Waals surface area contributed by atoms with Crippen molar-refractivity contribution >= 4 is 21.6 Å². The molecule has 0 bridgehead atoms. The van der Waals surface area contributed by atoms with Crippen LogP contribution >= 0.6 is 15.9 Å². The highest BCUT2D eigenvalue weighted by atomic mass is 79.9. The lowest BCUT2D eigenvalue weighted by Crippen LogP contribution is -2.11. The Labute approximate surface area is 116 Å². The molecule has 0 radical (unpaired) electrons. The van der Waals surface area contributed by atoms with Crippen LogP contribution in [0.3, 0.4) is 0 Å². The van der Waals surface area contributed by atoms with Crippen LogP contribution in [0.4, 0.5) is 18.9 Å². The van der Waals surface area contributed by atoms with Crippen LogP contribution in [0.2, 0.25) is 0 Å². The lowest BCUT2D eigenvalue weighted by Gasteiger charge is -2.14. The van der Waals surface area contributed by atoms with Gasteiger partial charge in [0.1, 0.15) is 4.60 Å². The average Bonchev–Trinajstić information content (AvgIpc) is 2.37. The standard InChI is InChI=1S/C13H10BrF3N2/c14-12-11(6-3-7-18-12)19-8-9-4-1-2-5-10(9)13(15,16)17/h1-7,19H,8H2. The molecule has 2 aromatic rings. The van der Waals surface area contributed by atoms with Crippen LogP contribution in [0.1, 0.15) is 11.1 Å². The van der Waals surface area contributed by atoms with Gasteiger partial charge < -0.3 is 5.32 Å². The minimum absolute atomic E-state index is 0.0833. The molecule has 0 aliphatic rings. The molecule has 100 valence electrons. The summed E-state index contributed by atoms with van der Waals surface area (Å²) >= 11 is 3.23. The third-order valence-electron chi connectivity index (χ3n) is 2.55. The van der Waals surface area contributed by atoms with E-state index in [1.807, 2.05) is 0 Å². The van der Waals surface area contributed by atoms with Crippen molar-refractivity contribution in [3.8, 4) is 0 Å². The molecule has 2 rings (SSSR count). The zero-order chi connectivity index (χ0) is 13.9. The van der Waals surface area contributed by atoms with Crippen molar-refractivity contribution in [2.45, 2.75) is 12.7 Å². The van der Waals surface area contributed by atoms with Gasteiger partial charge in [0.15, 0.2) is 0 Å². The molecular weight excluding hydrogens is 321 g/mol. The monoisotopic (exact) mass is 330 g/mol. The molecule has 1 aromatic heterocycles. The van der Waals surface area contributed by atoms with E-state index in [9.17, 15) is 13.2 Å². The van der Waals surface area contributed by atoms with E-state index >= 15 is 0 Å². The molecule has 19 heavy (non-hydrogen) atoms. The van der Waals surface area contributed by atoms with Crippen molar-refractivity contribution in [1.82, 2.24) is 4.98 Å². The van der Waals surface area contributed by atoms with Gasteiger partial charge in [-0.15, -0.1) is 0 Å². The molecule has 0 unspecified atom stereocenters. The highest BCUT2D eigenvalue weighted by molar-refractivity contribution is 9.10. The fourth-order valence-electron chi connectivity index (χ4n) is 1.66. The number of pyridine rings is 1. The molecule has 0 spiro atoms. The van der Waals surface area contributed by atoms with E-state index < -0.39 is 11.7 Å². The predicted molar refractivity (Wildman–Crippen MR) is 70.7 cm³/mol. The number of benzene rings is 1. The van der Waals surface area contributed by atoms with Gasteiger partial charge in [-0.25, -0.2) is 4.98 Å². The van der Waals surface area contributed by atoms with Gasteiger partial charge in [-0.05, 0) is 39.7 Å². The summed E-state index contributed by atoms with van der Waals surface area (Å²) < 4.78 is 39.0. The van der Waals surface area contributed by atoms with Crippen LogP contribution in [0.15, 0.2) is 47.2 Å². The normalized spacial score (nSPS) is 11.4. The Morgan fingerprint density at radius 3 is 2.53 bits per heavy atom. The molecule has 1 N–H and O–H groups in total. The summed E-state index contributed by atoms with van der Waals surface area (Å²) in [6.07, 6.45) is -2.75. The summed E-state index contributed by atoms with van der Waals surface area (Å²) in [7, 11) is 0. The number of rotatable bonds is 3. The second-order valence-corrected chi connectivity index (χ2v) is 4.60. The lowest BCUT2D eigenvalue weighted by atomic mass is 10.1. The van der Waals surface area contributed by atoms with Crippen LogP contribution in [-0.2, 0) is 12.7 Å². The molecule has 0 aliphatic heterocycles. The van der Waals surface area contributed by atoms with Gasteiger partial charge in [-0.2, -0.15) is 13.2 Å². The van der Waals surface area contributed by atoms with Crippen molar-refractivity contribution in [2.24, 2.45) is 0 Å². The number of anilines is 1. The molecule has 6 heteroatoms. The zero-order valence-electron chi connectivity index (χ0n) is 9.71. The van der Waals surface area contributed by atoms with Crippen LogP contribution in [-0.4, -0.2) is 4.98 Å². The summed E-state index contributed by atoms with van der Waals surface area (Å²) in [4.78, 5) is 3.99. The third kappa shape index (κ3) is 3.47. The molecule has 0 saturated heterocycles. The van der Waals surface area contributed by atoms with Gasteiger partial charge in [0.25, 0.3) is 0 Å². The molecular formula is C13H10BrF3N2. The van der Waals surface area contributed by atoms with Crippen LogP contribution in [0.25, 0.3) is 0 Å². The second kappa shape index (κ2) is 5.61. The number of hydrogen-bond acceptors (Lipinski definition) is 2. The number of alkyl halides is 3. The first-order valence-corrected chi connectivity index (χ1v) is 6.27. The van der Waals surface area contributed by atoms with E-state index in [4.69, 9.17) is 0 Å². The van der Waals surface area contributed by atoms with Crippen molar-refractivity contribution in [3.05, 3.63) is 58.3 Å². The van der Waals surface area contributed by atoms with Gasteiger partial charge in [0, 0.05) is 12.7 Å². The topological polar surface area (TPSA) is 24.9 Å². The Morgan fingerprint density at radius 2 is 1.84 bits per heavy atom. The van der Waals surface area contributed by atoms with E-state index in [2.05, 4.69) is 26.2 Å². The van der Waals surface area contributed by atoms with E-state index in [1.165, 1.54) is 12.1 Å². The number of nitrogens with one attached hydrogen (secondary N) is 1. The molecule has 0 amide bonds. The minimum Gasteiger partial charge on any atom is -0.379 e. The summed E-state index contributed by atoms with van der Waals surface area (Å²) in [6, 6.07) is 8.96. The number of nitrogens with zero attached hydrogens (tertiary/aromatic N) is 1. The SMILES string of the molecule is FC(F)(F)c1ccccc1CNc1cccnc1Br. The quantitative estimate of drug-likeness (QED) is 0.839.